The van der Waals surface area contributed by atoms with Crippen LogP contribution in [0.3, 0.4) is 0 Å². The predicted molar refractivity (Wildman–Crippen MR) is 132 cm³/mol. The number of aryl methyl sites for hydroxylation is 1. The number of alkyl halides is 3. The second-order valence-corrected chi connectivity index (χ2v) is 9.41. The minimum absolute atomic E-state index is 0.0630. The first-order valence-electron chi connectivity index (χ1n) is 11.8. The Balaban J connectivity index is 1.18. The van der Waals surface area contributed by atoms with Crippen LogP contribution < -0.4 is 10.6 Å². The fourth-order valence-corrected chi connectivity index (χ4v) is 4.25. The van der Waals surface area contributed by atoms with E-state index in [9.17, 15) is 22.8 Å². The van der Waals surface area contributed by atoms with E-state index in [1.165, 1.54) is 18.5 Å². The lowest BCUT2D eigenvalue weighted by Gasteiger charge is -2.16. The van der Waals surface area contributed by atoms with Crippen LogP contribution in [0.15, 0.2) is 61.1 Å². The molecule has 37 heavy (non-hydrogen) atoms. The lowest BCUT2D eigenvalue weighted by molar-refractivity contribution is -0.137. The Bertz CT molecular complexity index is 1470. The molecule has 1 amide bonds. The first-order chi connectivity index (χ1) is 17.6. The number of aromatic nitrogens is 3. The minimum Gasteiger partial charge on any atom is -0.360 e. The van der Waals surface area contributed by atoms with Gasteiger partial charge >= 0.3 is 6.18 Å². The number of ketones is 1. The van der Waals surface area contributed by atoms with E-state index in [0.29, 0.717) is 35.3 Å². The van der Waals surface area contributed by atoms with E-state index in [-0.39, 0.29) is 30.3 Å². The molecule has 7 nitrogen and oxygen atoms in total. The number of fused-ring (bicyclic) bond motifs is 1. The number of benzene rings is 1. The van der Waals surface area contributed by atoms with Gasteiger partial charge in [-0.3, -0.25) is 19.6 Å². The molecular formula is C27H24F3N5O2. The van der Waals surface area contributed by atoms with Crippen molar-refractivity contribution in [2.24, 2.45) is 5.41 Å². The van der Waals surface area contributed by atoms with Gasteiger partial charge in [-0.05, 0) is 56.2 Å². The Kier molecular flexibility index (Phi) is 6.18. The van der Waals surface area contributed by atoms with Crippen molar-refractivity contribution in [3.8, 4) is 0 Å². The number of rotatable bonds is 8. The predicted octanol–water partition coefficient (Wildman–Crippen LogP) is 5.70. The monoisotopic (exact) mass is 507 g/mol. The molecule has 190 valence electrons. The number of pyridine rings is 2. The van der Waals surface area contributed by atoms with Gasteiger partial charge in [0.15, 0.2) is 5.78 Å². The molecule has 1 fully saturated rings. The Labute approximate surface area is 210 Å². The molecule has 1 aromatic carbocycles. The van der Waals surface area contributed by atoms with Crippen LogP contribution in [0, 0.1) is 12.3 Å². The summed E-state index contributed by atoms with van der Waals surface area (Å²) < 4.78 is 40.1. The number of hydrogen-bond acceptors (Lipinski definition) is 5. The highest BCUT2D eigenvalue weighted by atomic mass is 19.4. The molecule has 10 heteroatoms. The number of nitrogens with one attached hydrogen (secondary N) is 3. The highest BCUT2D eigenvalue weighted by Crippen LogP contribution is 2.49. The smallest absolute Gasteiger partial charge is 0.360 e. The number of carbonyl (C=O) groups excluding carboxylic acids is 2. The van der Waals surface area contributed by atoms with Crippen molar-refractivity contribution in [2.75, 3.05) is 5.32 Å². The summed E-state index contributed by atoms with van der Waals surface area (Å²) in [5.41, 5.74) is 1.89. The molecule has 0 spiro atoms. The summed E-state index contributed by atoms with van der Waals surface area (Å²) in [7, 11) is 0. The zero-order valence-electron chi connectivity index (χ0n) is 19.9. The van der Waals surface area contributed by atoms with Gasteiger partial charge in [0.2, 0.25) is 5.91 Å². The van der Waals surface area contributed by atoms with E-state index in [4.69, 9.17) is 0 Å². The van der Waals surface area contributed by atoms with Crippen molar-refractivity contribution < 1.29 is 22.8 Å². The summed E-state index contributed by atoms with van der Waals surface area (Å²) in [6, 6.07) is 10.9. The maximum Gasteiger partial charge on any atom is 0.418 e. The summed E-state index contributed by atoms with van der Waals surface area (Å²) >= 11 is 0. The van der Waals surface area contributed by atoms with Gasteiger partial charge in [-0.1, -0.05) is 11.6 Å². The third-order valence-electron chi connectivity index (χ3n) is 6.57. The maximum absolute atomic E-state index is 13.4. The van der Waals surface area contributed by atoms with E-state index in [1.54, 1.807) is 37.4 Å². The quantitative estimate of drug-likeness (QED) is 0.266. The Morgan fingerprint density at radius 3 is 2.57 bits per heavy atom. The maximum atomic E-state index is 13.4. The first-order valence-corrected chi connectivity index (χ1v) is 11.8. The second-order valence-electron chi connectivity index (χ2n) is 9.41. The third-order valence-corrected chi connectivity index (χ3v) is 6.57. The molecule has 0 radical (unpaired) electrons. The van der Waals surface area contributed by atoms with Crippen LogP contribution in [0.4, 0.5) is 24.5 Å². The summed E-state index contributed by atoms with van der Waals surface area (Å²) in [5.74, 6) is -0.354. The number of anilines is 2. The Hall–Kier alpha value is -4.21. The van der Waals surface area contributed by atoms with Crippen LogP contribution in [0.25, 0.3) is 11.0 Å². The second kappa shape index (κ2) is 9.34. The lowest BCUT2D eigenvalue weighted by atomic mass is 9.95. The molecule has 5 rings (SSSR count). The van der Waals surface area contributed by atoms with Gasteiger partial charge < -0.3 is 15.6 Å². The molecule has 0 saturated heterocycles. The molecule has 3 aromatic heterocycles. The number of hydrogen-bond donors (Lipinski definition) is 3. The number of aromatic amines is 1. The lowest BCUT2D eigenvalue weighted by Crippen LogP contribution is -2.33. The molecule has 1 saturated carbocycles. The number of amides is 1. The number of carbonyl (C=O) groups is 2. The highest BCUT2D eigenvalue weighted by molar-refractivity contribution is 6.02. The molecule has 1 aliphatic rings. The highest BCUT2D eigenvalue weighted by Gasteiger charge is 2.51. The van der Waals surface area contributed by atoms with Crippen LogP contribution in [0.5, 0.6) is 0 Å². The van der Waals surface area contributed by atoms with Gasteiger partial charge in [0.1, 0.15) is 0 Å². The largest absolute Gasteiger partial charge is 0.418 e. The molecule has 0 unspecified atom stereocenters. The zero-order valence-corrected chi connectivity index (χ0v) is 19.9. The van der Waals surface area contributed by atoms with Crippen molar-refractivity contribution in [1.82, 2.24) is 20.3 Å². The summed E-state index contributed by atoms with van der Waals surface area (Å²) in [6.07, 6.45) is 1.55. The fraction of sp³-hybridized carbons (Fsp3) is 0.259. The molecule has 0 aliphatic heterocycles. The Morgan fingerprint density at radius 1 is 1.05 bits per heavy atom. The van der Waals surface area contributed by atoms with Crippen LogP contribution in [-0.4, -0.2) is 26.6 Å². The zero-order chi connectivity index (χ0) is 26.2. The SMILES string of the molecule is Cc1ccc(Nc2ccc(CNC(=O)C3(CC(=O)c4cnc5cc[nH]c5c4)CC3)nc2)c(C(F)(F)F)c1. The van der Waals surface area contributed by atoms with E-state index in [2.05, 4.69) is 25.6 Å². The molecule has 0 bridgehead atoms. The molecule has 0 atom stereocenters. The van der Waals surface area contributed by atoms with Crippen molar-refractivity contribution in [2.45, 2.75) is 38.9 Å². The van der Waals surface area contributed by atoms with Gasteiger partial charge in [0.05, 0.1) is 51.8 Å². The number of H-pyrrole nitrogens is 1. The Morgan fingerprint density at radius 2 is 1.86 bits per heavy atom. The van der Waals surface area contributed by atoms with Crippen molar-refractivity contribution in [3.63, 3.8) is 0 Å². The first kappa shape index (κ1) is 24.5. The molecule has 3 heterocycles. The van der Waals surface area contributed by atoms with E-state index < -0.39 is 17.2 Å². The van der Waals surface area contributed by atoms with Crippen molar-refractivity contribution >= 4 is 34.1 Å². The molecule has 4 aromatic rings. The van der Waals surface area contributed by atoms with Crippen LogP contribution in [0.1, 0.15) is 46.4 Å². The normalized spacial score (nSPS) is 14.4. The molecule has 3 N–H and O–H groups in total. The minimum atomic E-state index is -4.49. The molecular weight excluding hydrogens is 483 g/mol. The van der Waals surface area contributed by atoms with E-state index >= 15 is 0 Å². The van der Waals surface area contributed by atoms with E-state index in [0.717, 1.165) is 17.1 Å². The summed E-state index contributed by atoms with van der Waals surface area (Å²) in [6.45, 7) is 1.74. The molecule has 1 aliphatic carbocycles. The number of halogens is 3. The van der Waals surface area contributed by atoms with Crippen LogP contribution >= 0.6 is 0 Å². The van der Waals surface area contributed by atoms with Gasteiger partial charge in [0.25, 0.3) is 0 Å². The van der Waals surface area contributed by atoms with Crippen LogP contribution in [0.2, 0.25) is 0 Å². The van der Waals surface area contributed by atoms with Crippen molar-refractivity contribution in [3.05, 3.63) is 83.4 Å². The average Bonchev–Trinajstić information content (AvgIpc) is 3.49. The summed E-state index contributed by atoms with van der Waals surface area (Å²) in [5, 5.41) is 5.61. The standard InChI is InChI=1S/C27H24F3N5O2/c1-16-2-5-21(20(10-16)27(28,29)30)35-19-4-3-18(32-15-19)14-34-25(37)26(7-8-26)12-24(36)17-11-23-22(33-13-17)6-9-31-23/h2-6,9-11,13,15,31,35H,7-8,12,14H2,1H3,(H,34,37). The average molecular weight is 508 g/mol. The number of Topliss-reactive ketones (excluding diaryl/α,β-unsaturated/α-hetero) is 1. The third kappa shape index (κ3) is 5.32. The van der Waals surface area contributed by atoms with Gasteiger partial charge in [0, 0.05) is 24.4 Å². The van der Waals surface area contributed by atoms with Gasteiger partial charge in [-0.2, -0.15) is 13.2 Å². The fourth-order valence-electron chi connectivity index (χ4n) is 4.25. The van der Waals surface area contributed by atoms with Crippen LogP contribution in [-0.2, 0) is 17.5 Å². The summed E-state index contributed by atoms with van der Waals surface area (Å²) in [4.78, 5) is 37.2. The van der Waals surface area contributed by atoms with Gasteiger partial charge in [-0.15, -0.1) is 0 Å². The van der Waals surface area contributed by atoms with Gasteiger partial charge in [-0.25, -0.2) is 0 Å². The van der Waals surface area contributed by atoms with E-state index in [1.807, 2.05) is 6.07 Å². The number of nitrogens with zero attached hydrogens (tertiary/aromatic N) is 2. The topological polar surface area (TPSA) is 99.8 Å². The van der Waals surface area contributed by atoms with Crippen molar-refractivity contribution in [1.29, 1.82) is 0 Å².